The summed E-state index contributed by atoms with van der Waals surface area (Å²) in [4.78, 5) is 22.1. The van der Waals surface area contributed by atoms with Gasteiger partial charge in [-0.1, -0.05) is 0 Å². The number of sulfonamides is 1. The van der Waals surface area contributed by atoms with E-state index in [2.05, 4.69) is 5.32 Å². The van der Waals surface area contributed by atoms with E-state index in [0.29, 0.717) is 6.54 Å². The highest BCUT2D eigenvalue weighted by atomic mass is 32.2. The Balaban J connectivity index is 3.21. The Hall–Kier alpha value is -2.13. The van der Waals surface area contributed by atoms with Gasteiger partial charge in [-0.2, -0.15) is 4.31 Å². The Morgan fingerprint density at radius 2 is 2.00 bits per heavy atom. The first-order chi connectivity index (χ1) is 9.70. The SMILES string of the molecule is CCNC(=O)CN(C)S(=O)(=O)c1cc(N)ccc1C(=O)O. The Kier molecular flexibility index (Phi) is 5.28. The lowest BCUT2D eigenvalue weighted by Crippen LogP contribution is -2.38. The van der Waals surface area contributed by atoms with Crippen LogP contribution in [0.15, 0.2) is 23.1 Å². The van der Waals surface area contributed by atoms with Crippen LogP contribution in [0.1, 0.15) is 17.3 Å². The van der Waals surface area contributed by atoms with Crippen LogP contribution in [0.4, 0.5) is 5.69 Å². The minimum atomic E-state index is -4.14. The zero-order valence-corrected chi connectivity index (χ0v) is 12.5. The number of benzene rings is 1. The third kappa shape index (κ3) is 3.92. The highest BCUT2D eigenvalue weighted by molar-refractivity contribution is 7.89. The standard InChI is InChI=1S/C12H17N3O5S/c1-3-14-11(16)7-15(2)21(19,20)10-6-8(13)4-5-9(10)12(17)18/h4-6H,3,7,13H2,1-2H3,(H,14,16)(H,17,18). The number of carboxylic acids is 1. The van der Waals surface area contributed by atoms with Crippen molar-refractivity contribution in [3.63, 3.8) is 0 Å². The van der Waals surface area contributed by atoms with Gasteiger partial charge in [0.1, 0.15) is 0 Å². The number of nitrogens with zero attached hydrogens (tertiary/aromatic N) is 1. The van der Waals surface area contributed by atoms with Gasteiger partial charge in [-0.25, -0.2) is 13.2 Å². The Labute approximate surface area is 122 Å². The molecule has 9 heteroatoms. The summed E-state index contributed by atoms with van der Waals surface area (Å²) in [5.41, 5.74) is 5.24. The molecule has 1 rings (SSSR count). The van der Waals surface area contributed by atoms with Crippen LogP contribution < -0.4 is 11.1 Å². The van der Waals surface area contributed by atoms with E-state index in [-0.39, 0.29) is 5.69 Å². The number of carboxylic acid groups (broad SMARTS) is 1. The number of hydrogen-bond donors (Lipinski definition) is 3. The third-order valence-corrected chi connectivity index (χ3v) is 4.51. The van der Waals surface area contributed by atoms with Gasteiger partial charge in [0, 0.05) is 19.3 Å². The maximum atomic E-state index is 12.4. The van der Waals surface area contributed by atoms with Crippen LogP contribution in [0.3, 0.4) is 0 Å². The number of carbonyl (C=O) groups is 2. The molecule has 0 radical (unpaired) electrons. The quantitative estimate of drug-likeness (QED) is 0.619. The Morgan fingerprint density at radius 3 is 2.52 bits per heavy atom. The molecule has 1 aromatic rings. The van der Waals surface area contributed by atoms with Gasteiger partial charge in [0.25, 0.3) is 0 Å². The first kappa shape index (κ1) is 16.9. The average molecular weight is 315 g/mol. The van der Waals surface area contributed by atoms with Crippen molar-refractivity contribution in [3.8, 4) is 0 Å². The third-order valence-electron chi connectivity index (χ3n) is 2.66. The summed E-state index contributed by atoms with van der Waals surface area (Å²) in [5, 5.41) is 11.5. The lowest BCUT2D eigenvalue weighted by molar-refractivity contribution is -0.121. The Morgan fingerprint density at radius 1 is 1.38 bits per heavy atom. The van der Waals surface area contributed by atoms with Gasteiger partial charge in [-0.3, -0.25) is 4.79 Å². The van der Waals surface area contributed by atoms with Crippen LogP contribution in [0.5, 0.6) is 0 Å². The molecule has 0 bridgehead atoms. The number of anilines is 1. The van der Waals surface area contributed by atoms with E-state index in [1.807, 2.05) is 0 Å². The molecule has 0 saturated carbocycles. The lowest BCUT2D eigenvalue weighted by Gasteiger charge is -2.18. The molecular weight excluding hydrogens is 298 g/mol. The predicted octanol–water partition coefficient (Wildman–Crippen LogP) is -0.276. The van der Waals surface area contributed by atoms with Gasteiger partial charge < -0.3 is 16.2 Å². The summed E-state index contributed by atoms with van der Waals surface area (Å²) < 4.78 is 25.5. The zero-order chi connectivity index (χ0) is 16.2. The summed E-state index contributed by atoms with van der Waals surface area (Å²) >= 11 is 0. The van der Waals surface area contributed by atoms with Crippen molar-refractivity contribution >= 4 is 27.6 Å². The highest BCUT2D eigenvalue weighted by Gasteiger charge is 2.28. The number of hydrogen-bond acceptors (Lipinski definition) is 5. The van der Waals surface area contributed by atoms with Crippen molar-refractivity contribution in [1.82, 2.24) is 9.62 Å². The smallest absolute Gasteiger partial charge is 0.337 e. The van der Waals surface area contributed by atoms with Gasteiger partial charge in [-0.15, -0.1) is 0 Å². The van der Waals surface area contributed by atoms with E-state index in [9.17, 15) is 18.0 Å². The summed E-state index contributed by atoms with van der Waals surface area (Å²) in [6.07, 6.45) is 0. The second-order valence-corrected chi connectivity index (χ2v) is 6.29. The van der Waals surface area contributed by atoms with Crippen LogP contribution in [-0.4, -0.2) is 49.8 Å². The molecule has 0 fully saturated rings. The number of aromatic carboxylic acids is 1. The second kappa shape index (κ2) is 6.55. The highest BCUT2D eigenvalue weighted by Crippen LogP contribution is 2.22. The molecule has 0 aromatic heterocycles. The lowest BCUT2D eigenvalue weighted by atomic mass is 10.2. The molecule has 4 N–H and O–H groups in total. The molecule has 116 valence electrons. The van der Waals surface area contributed by atoms with E-state index in [4.69, 9.17) is 10.8 Å². The van der Waals surface area contributed by atoms with Gasteiger partial charge in [-0.05, 0) is 25.1 Å². The molecule has 8 nitrogen and oxygen atoms in total. The summed E-state index contributed by atoms with van der Waals surface area (Å²) in [6.45, 7) is 1.66. The number of nitrogens with two attached hydrogens (primary N) is 1. The number of amides is 1. The van der Waals surface area contributed by atoms with Gasteiger partial charge in [0.05, 0.1) is 17.0 Å². The van der Waals surface area contributed by atoms with Crippen LogP contribution in [0, 0.1) is 0 Å². The summed E-state index contributed by atoms with van der Waals surface area (Å²) in [7, 11) is -2.95. The van der Waals surface area contributed by atoms with Crippen LogP contribution in [0.25, 0.3) is 0 Å². The van der Waals surface area contributed by atoms with Crippen LogP contribution in [-0.2, 0) is 14.8 Å². The number of rotatable bonds is 6. The zero-order valence-electron chi connectivity index (χ0n) is 11.7. The molecule has 0 aliphatic heterocycles. The van der Waals surface area contributed by atoms with Crippen molar-refractivity contribution < 1.29 is 23.1 Å². The number of nitrogen functional groups attached to an aromatic ring is 1. The monoisotopic (exact) mass is 315 g/mol. The minimum absolute atomic E-state index is 0.116. The number of nitrogens with one attached hydrogen (secondary N) is 1. The molecule has 0 heterocycles. The summed E-state index contributed by atoms with van der Waals surface area (Å²) in [5.74, 6) is -1.87. The predicted molar refractivity (Wildman–Crippen MR) is 76.3 cm³/mol. The van der Waals surface area contributed by atoms with Crippen molar-refractivity contribution in [2.24, 2.45) is 0 Å². The first-order valence-corrected chi connectivity index (χ1v) is 7.50. The molecule has 0 unspecified atom stereocenters. The van der Waals surface area contributed by atoms with Gasteiger partial charge in [0.15, 0.2) is 0 Å². The molecule has 0 saturated heterocycles. The molecular formula is C12H17N3O5S. The fourth-order valence-electron chi connectivity index (χ4n) is 1.64. The van der Waals surface area contributed by atoms with Crippen molar-refractivity contribution in [2.75, 3.05) is 25.9 Å². The van der Waals surface area contributed by atoms with E-state index >= 15 is 0 Å². The fourth-order valence-corrected chi connectivity index (χ4v) is 2.98. The normalized spacial score (nSPS) is 11.4. The molecule has 0 spiro atoms. The molecule has 1 amide bonds. The fraction of sp³-hybridized carbons (Fsp3) is 0.333. The minimum Gasteiger partial charge on any atom is -0.478 e. The van der Waals surface area contributed by atoms with Crippen molar-refractivity contribution in [3.05, 3.63) is 23.8 Å². The second-order valence-electron chi connectivity index (χ2n) is 4.28. The van der Waals surface area contributed by atoms with Crippen molar-refractivity contribution in [2.45, 2.75) is 11.8 Å². The van der Waals surface area contributed by atoms with E-state index in [1.54, 1.807) is 6.92 Å². The molecule has 0 atom stereocenters. The number of carbonyl (C=O) groups excluding carboxylic acids is 1. The first-order valence-electron chi connectivity index (χ1n) is 6.06. The maximum Gasteiger partial charge on any atom is 0.337 e. The largest absolute Gasteiger partial charge is 0.478 e. The number of likely N-dealkylation sites (N-methyl/N-ethyl adjacent to an activating group) is 2. The topological polar surface area (TPSA) is 130 Å². The van der Waals surface area contributed by atoms with E-state index in [0.717, 1.165) is 16.4 Å². The van der Waals surface area contributed by atoms with Gasteiger partial charge >= 0.3 is 5.97 Å². The van der Waals surface area contributed by atoms with Crippen LogP contribution in [0.2, 0.25) is 0 Å². The van der Waals surface area contributed by atoms with Crippen molar-refractivity contribution in [1.29, 1.82) is 0 Å². The van der Waals surface area contributed by atoms with E-state index in [1.165, 1.54) is 13.1 Å². The molecule has 0 aliphatic rings. The molecule has 0 aliphatic carbocycles. The van der Waals surface area contributed by atoms with E-state index < -0.39 is 38.9 Å². The van der Waals surface area contributed by atoms with Crippen LogP contribution >= 0.6 is 0 Å². The molecule has 21 heavy (non-hydrogen) atoms. The average Bonchev–Trinajstić information content (AvgIpc) is 2.38. The Bertz CT molecular complexity index is 657. The molecule has 1 aromatic carbocycles. The maximum absolute atomic E-state index is 12.4. The van der Waals surface area contributed by atoms with Gasteiger partial charge in [0.2, 0.25) is 15.9 Å². The summed E-state index contributed by atoms with van der Waals surface area (Å²) in [6, 6.07) is 3.48.